The summed E-state index contributed by atoms with van der Waals surface area (Å²) in [5.41, 5.74) is 0.571. The van der Waals surface area contributed by atoms with Gasteiger partial charge in [-0.25, -0.2) is 0 Å². The first-order valence-corrected chi connectivity index (χ1v) is 3.04. The number of carbonyl (C=O) groups is 1. The van der Waals surface area contributed by atoms with Crippen molar-refractivity contribution in [1.82, 2.24) is 0 Å². The van der Waals surface area contributed by atoms with Crippen LogP contribution in [0.4, 0.5) is 0 Å². The van der Waals surface area contributed by atoms with E-state index in [9.17, 15) is 4.79 Å². The first-order valence-electron chi connectivity index (χ1n) is 3.04. The van der Waals surface area contributed by atoms with E-state index in [0.29, 0.717) is 12.0 Å². The highest BCUT2D eigenvalue weighted by molar-refractivity contribution is 5.99. The van der Waals surface area contributed by atoms with Crippen LogP contribution in [-0.2, 0) is 4.79 Å². The molecule has 0 aromatic rings. The standard InChI is InChI=1S/C8H8O/c1-2-7-5-3-4-6-8(7)9/h1,5H,3-4,6H2. The van der Waals surface area contributed by atoms with Crippen molar-refractivity contribution in [2.45, 2.75) is 19.3 Å². The first-order chi connectivity index (χ1) is 4.34. The summed E-state index contributed by atoms with van der Waals surface area (Å²) in [6.45, 7) is 0. The van der Waals surface area contributed by atoms with Crippen molar-refractivity contribution in [3.05, 3.63) is 11.6 Å². The molecule has 0 N–H and O–H groups in total. The predicted octanol–water partition coefficient (Wildman–Crippen LogP) is 1.30. The maximum absolute atomic E-state index is 10.8. The second-order valence-electron chi connectivity index (χ2n) is 2.08. The molecule has 0 amide bonds. The van der Waals surface area contributed by atoms with Crippen molar-refractivity contribution in [3.63, 3.8) is 0 Å². The summed E-state index contributed by atoms with van der Waals surface area (Å²) in [7, 11) is 0. The number of allylic oxidation sites excluding steroid dienone is 2. The highest BCUT2D eigenvalue weighted by Gasteiger charge is 2.09. The van der Waals surface area contributed by atoms with Crippen molar-refractivity contribution in [2.24, 2.45) is 0 Å². The lowest BCUT2D eigenvalue weighted by molar-refractivity contribution is -0.115. The number of carbonyl (C=O) groups excluding carboxylic acids is 1. The molecule has 1 aliphatic carbocycles. The Bertz CT molecular complexity index is 193. The normalized spacial score (nSPS) is 18.6. The van der Waals surface area contributed by atoms with E-state index in [-0.39, 0.29) is 5.78 Å². The Morgan fingerprint density at radius 2 is 2.44 bits per heavy atom. The van der Waals surface area contributed by atoms with Gasteiger partial charge in [-0.2, -0.15) is 0 Å². The van der Waals surface area contributed by atoms with Crippen molar-refractivity contribution in [1.29, 1.82) is 0 Å². The molecule has 1 nitrogen and oxygen atoms in total. The van der Waals surface area contributed by atoms with E-state index in [1.165, 1.54) is 0 Å². The number of hydrogen-bond acceptors (Lipinski definition) is 1. The minimum Gasteiger partial charge on any atom is -0.293 e. The van der Waals surface area contributed by atoms with Gasteiger partial charge in [0.15, 0.2) is 5.78 Å². The predicted molar refractivity (Wildman–Crippen MR) is 35.8 cm³/mol. The van der Waals surface area contributed by atoms with Crippen LogP contribution in [0.1, 0.15) is 19.3 Å². The van der Waals surface area contributed by atoms with E-state index in [2.05, 4.69) is 5.92 Å². The second-order valence-corrected chi connectivity index (χ2v) is 2.08. The third-order valence-corrected chi connectivity index (χ3v) is 1.41. The average Bonchev–Trinajstić information content (AvgIpc) is 1.89. The number of rotatable bonds is 0. The van der Waals surface area contributed by atoms with E-state index < -0.39 is 0 Å². The molecule has 0 fully saturated rings. The van der Waals surface area contributed by atoms with Crippen LogP contribution in [0.3, 0.4) is 0 Å². The molecule has 1 heteroatoms. The highest BCUT2D eigenvalue weighted by atomic mass is 16.1. The lowest BCUT2D eigenvalue weighted by atomic mass is 9.99. The number of ketones is 1. The van der Waals surface area contributed by atoms with Crippen LogP contribution >= 0.6 is 0 Å². The fraction of sp³-hybridized carbons (Fsp3) is 0.375. The average molecular weight is 120 g/mol. The number of terminal acetylenes is 1. The third-order valence-electron chi connectivity index (χ3n) is 1.41. The smallest absolute Gasteiger partial charge is 0.170 e. The van der Waals surface area contributed by atoms with Gasteiger partial charge in [-0.1, -0.05) is 12.0 Å². The van der Waals surface area contributed by atoms with E-state index in [4.69, 9.17) is 6.42 Å². The minimum absolute atomic E-state index is 0.128. The molecule has 1 rings (SSSR count). The number of Topliss-reactive ketones (excluding diaryl/α,β-unsaturated/α-hetero) is 1. The van der Waals surface area contributed by atoms with Gasteiger partial charge < -0.3 is 0 Å². The van der Waals surface area contributed by atoms with Gasteiger partial charge in [0.25, 0.3) is 0 Å². The Hall–Kier alpha value is -1.03. The molecule has 0 radical (unpaired) electrons. The summed E-state index contributed by atoms with van der Waals surface area (Å²) in [4.78, 5) is 10.8. The Balaban J connectivity index is 2.79. The van der Waals surface area contributed by atoms with Crippen LogP contribution in [0, 0.1) is 12.3 Å². The first kappa shape index (κ1) is 6.10. The highest BCUT2D eigenvalue weighted by Crippen LogP contribution is 2.12. The summed E-state index contributed by atoms with van der Waals surface area (Å²) in [6.07, 6.45) is 9.45. The Morgan fingerprint density at radius 3 is 2.89 bits per heavy atom. The molecule has 0 aromatic carbocycles. The molecule has 0 heterocycles. The zero-order valence-corrected chi connectivity index (χ0v) is 5.18. The van der Waals surface area contributed by atoms with Crippen molar-refractivity contribution in [2.75, 3.05) is 0 Å². The van der Waals surface area contributed by atoms with Gasteiger partial charge in [0.2, 0.25) is 0 Å². The lowest BCUT2D eigenvalue weighted by Gasteiger charge is -2.03. The molecular formula is C8H8O. The quantitative estimate of drug-likeness (QED) is 0.440. The molecule has 0 unspecified atom stereocenters. The van der Waals surface area contributed by atoms with Gasteiger partial charge in [0, 0.05) is 6.42 Å². The van der Waals surface area contributed by atoms with Crippen molar-refractivity contribution in [3.8, 4) is 12.3 Å². The second kappa shape index (κ2) is 2.50. The molecule has 0 atom stereocenters. The largest absolute Gasteiger partial charge is 0.293 e. The van der Waals surface area contributed by atoms with Gasteiger partial charge in [-0.15, -0.1) is 6.42 Å². The minimum atomic E-state index is 0.128. The fourth-order valence-electron chi connectivity index (χ4n) is 0.897. The molecule has 0 bridgehead atoms. The summed E-state index contributed by atoms with van der Waals surface area (Å²) < 4.78 is 0. The zero-order chi connectivity index (χ0) is 6.69. The van der Waals surface area contributed by atoms with Crippen LogP contribution in [0.2, 0.25) is 0 Å². The van der Waals surface area contributed by atoms with Gasteiger partial charge in [0.1, 0.15) is 0 Å². The zero-order valence-electron chi connectivity index (χ0n) is 5.18. The van der Waals surface area contributed by atoms with Crippen LogP contribution in [0.25, 0.3) is 0 Å². The SMILES string of the molecule is C#CC1=CCCCC1=O. The Morgan fingerprint density at radius 1 is 1.67 bits per heavy atom. The molecule has 0 spiro atoms. The van der Waals surface area contributed by atoms with E-state index in [1.54, 1.807) is 0 Å². The molecule has 1 aliphatic rings. The summed E-state index contributed by atoms with van der Waals surface area (Å²) in [6, 6.07) is 0. The summed E-state index contributed by atoms with van der Waals surface area (Å²) in [5.74, 6) is 2.49. The summed E-state index contributed by atoms with van der Waals surface area (Å²) in [5, 5.41) is 0. The number of hydrogen-bond donors (Lipinski definition) is 0. The van der Waals surface area contributed by atoms with Crippen LogP contribution in [0.15, 0.2) is 11.6 Å². The monoisotopic (exact) mass is 120 g/mol. The van der Waals surface area contributed by atoms with E-state index in [0.717, 1.165) is 12.8 Å². The van der Waals surface area contributed by atoms with E-state index in [1.807, 2.05) is 6.08 Å². The fourth-order valence-corrected chi connectivity index (χ4v) is 0.897. The van der Waals surface area contributed by atoms with Gasteiger partial charge in [-0.05, 0) is 12.8 Å². The molecule has 46 valence electrons. The topological polar surface area (TPSA) is 17.1 Å². The van der Waals surface area contributed by atoms with Crippen LogP contribution in [-0.4, -0.2) is 5.78 Å². The van der Waals surface area contributed by atoms with Gasteiger partial charge in [0.05, 0.1) is 5.57 Å². The molecule has 0 saturated carbocycles. The van der Waals surface area contributed by atoms with Crippen molar-refractivity contribution < 1.29 is 4.79 Å². The Kier molecular flexibility index (Phi) is 1.69. The van der Waals surface area contributed by atoms with Crippen LogP contribution < -0.4 is 0 Å². The van der Waals surface area contributed by atoms with Crippen molar-refractivity contribution >= 4 is 5.78 Å². The van der Waals surface area contributed by atoms with Gasteiger partial charge >= 0.3 is 0 Å². The Labute approximate surface area is 54.8 Å². The molecule has 0 saturated heterocycles. The maximum atomic E-state index is 10.8. The third kappa shape index (κ3) is 1.20. The molecule has 0 aliphatic heterocycles. The molecular weight excluding hydrogens is 112 g/mol. The van der Waals surface area contributed by atoms with E-state index >= 15 is 0 Å². The van der Waals surface area contributed by atoms with Gasteiger partial charge in [-0.3, -0.25) is 4.79 Å². The maximum Gasteiger partial charge on any atom is 0.170 e. The lowest BCUT2D eigenvalue weighted by Crippen LogP contribution is -2.04. The summed E-state index contributed by atoms with van der Waals surface area (Å²) >= 11 is 0. The van der Waals surface area contributed by atoms with Crippen LogP contribution in [0.5, 0.6) is 0 Å². The molecule has 9 heavy (non-hydrogen) atoms. The molecule has 0 aromatic heterocycles.